The standard InChI is InChI=1S/C15H17Cl2N5O/c1-9-8-18-6-7-21(9)15(23)14-19-10(2)22(20-14)13-11(16)4-3-5-12(13)17/h3-5,9,18H,6-8H2,1-2H3. The van der Waals surface area contributed by atoms with E-state index in [4.69, 9.17) is 23.2 Å². The van der Waals surface area contributed by atoms with Crippen molar-refractivity contribution < 1.29 is 4.79 Å². The fourth-order valence-electron chi connectivity index (χ4n) is 2.66. The predicted molar refractivity (Wildman–Crippen MR) is 89.5 cm³/mol. The molecule has 0 saturated carbocycles. The molecule has 0 spiro atoms. The summed E-state index contributed by atoms with van der Waals surface area (Å²) in [7, 11) is 0. The van der Waals surface area contributed by atoms with Gasteiger partial charge in [-0.05, 0) is 26.0 Å². The second kappa shape index (κ2) is 6.47. The van der Waals surface area contributed by atoms with Gasteiger partial charge in [0.05, 0.1) is 10.0 Å². The minimum atomic E-state index is -0.177. The Balaban J connectivity index is 1.96. The van der Waals surface area contributed by atoms with Gasteiger partial charge < -0.3 is 10.2 Å². The third-order valence-corrected chi connectivity index (χ3v) is 4.48. The van der Waals surface area contributed by atoms with Gasteiger partial charge in [-0.1, -0.05) is 29.3 Å². The summed E-state index contributed by atoms with van der Waals surface area (Å²) in [5, 5.41) is 8.51. The molecule has 0 bridgehead atoms. The smallest absolute Gasteiger partial charge is 0.293 e. The Morgan fingerprint density at radius 1 is 1.35 bits per heavy atom. The van der Waals surface area contributed by atoms with Crippen molar-refractivity contribution in [3.05, 3.63) is 39.9 Å². The number of amides is 1. The SMILES string of the molecule is Cc1nc(C(=O)N2CCNCC2C)nn1-c1c(Cl)cccc1Cl. The lowest BCUT2D eigenvalue weighted by Crippen LogP contribution is -2.52. The molecule has 1 saturated heterocycles. The van der Waals surface area contributed by atoms with Crippen molar-refractivity contribution in [2.24, 2.45) is 0 Å². The summed E-state index contributed by atoms with van der Waals surface area (Å²) in [6.45, 7) is 5.94. The Morgan fingerprint density at radius 2 is 2.04 bits per heavy atom. The minimum Gasteiger partial charge on any atom is -0.331 e. The van der Waals surface area contributed by atoms with E-state index in [0.717, 1.165) is 13.1 Å². The van der Waals surface area contributed by atoms with Crippen LogP contribution in [0.4, 0.5) is 0 Å². The maximum absolute atomic E-state index is 12.7. The number of aryl methyl sites for hydroxylation is 1. The number of hydrogen-bond donors (Lipinski definition) is 1. The molecule has 2 aromatic rings. The number of benzene rings is 1. The van der Waals surface area contributed by atoms with Gasteiger partial charge in [-0.3, -0.25) is 4.79 Å². The van der Waals surface area contributed by atoms with E-state index in [-0.39, 0.29) is 17.8 Å². The highest BCUT2D eigenvalue weighted by Crippen LogP contribution is 2.28. The average molecular weight is 354 g/mol. The first-order valence-corrected chi connectivity index (χ1v) is 8.14. The van der Waals surface area contributed by atoms with E-state index in [1.807, 2.05) is 6.92 Å². The van der Waals surface area contributed by atoms with E-state index < -0.39 is 0 Å². The van der Waals surface area contributed by atoms with Crippen molar-refractivity contribution in [2.45, 2.75) is 19.9 Å². The number of halogens is 2. The Bertz CT molecular complexity index is 725. The van der Waals surface area contributed by atoms with Crippen LogP contribution in [0.3, 0.4) is 0 Å². The largest absolute Gasteiger partial charge is 0.331 e. The quantitative estimate of drug-likeness (QED) is 0.899. The molecule has 3 rings (SSSR count). The fourth-order valence-corrected chi connectivity index (χ4v) is 3.21. The number of rotatable bonds is 2. The first-order valence-electron chi connectivity index (χ1n) is 7.38. The van der Waals surface area contributed by atoms with Crippen molar-refractivity contribution in [1.29, 1.82) is 0 Å². The lowest BCUT2D eigenvalue weighted by atomic mass is 10.2. The molecular formula is C15H17Cl2N5O. The van der Waals surface area contributed by atoms with Crippen molar-refractivity contribution >= 4 is 29.1 Å². The predicted octanol–water partition coefficient (Wildman–Crippen LogP) is 2.32. The van der Waals surface area contributed by atoms with E-state index in [2.05, 4.69) is 15.4 Å². The van der Waals surface area contributed by atoms with Crippen LogP contribution >= 0.6 is 23.2 Å². The van der Waals surface area contributed by atoms with Gasteiger partial charge in [0.25, 0.3) is 5.91 Å². The molecule has 1 amide bonds. The maximum Gasteiger partial charge on any atom is 0.293 e. The van der Waals surface area contributed by atoms with Gasteiger partial charge in [0, 0.05) is 25.7 Å². The number of nitrogens with zero attached hydrogens (tertiary/aromatic N) is 4. The third-order valence-electron chi connectivity index (χ3n) is 3.87. The summed E-state index contributed by atoms with van der Waals surface area (Å²) in [6, 6.07) is 5.31. The lowest BCUT2D eigenvalue weighted by Gasteiger charge is -2.33. The summed E-state index contributed by atoms with van der Waals surface area (Å²) < 4.78 is 1.52. The van der Waals surface area contributed by atoms with Crippen LogP contribution in [0.1, 0.15) is 23.4 Å². The molecule has 1 aromatic carbocycles. The summed E-state index contributed by atoms with van der Waals surface area (Å²) >= 11 is 12.4. The molecule has 1 atom stereocenters. The molecule has 0 radical (unpaired) electrons. The Morgan fingerprint density at radius 3 is 2.70 bits per heavy atom. The van der Waals surface area contributed by atoms with E-state index in [1.54, 1.807) is 30.0 Å². The highest BCUT2D eigenvalue weighted by atomic mass is 35.5. The minimum absolute atomic E-state index is 0.104. The molecule has 1 N–H and O–H groups in total. The Labute approximate surface area is 144 Å². The van der Waals surface area contributed by atoms with Crippen LogP contribution in [-0.4, -0.2) is 51.2 Å². The van der Waals surface area contributed by atoms with Gasteiger partial charge in [-0.15, -0.1) is 5.10 Å². The molecule has 1 aliphatic heterocycles. The summed E-state index contributed by atoms with van der Waals surface area (Å²) in [6.07, 6.45) is 0. The number of carbonyl (C=O) groups is 1. The topological polar surface area (TPSA) is 63.1 Å². The van der Waals surface area contributed by atoms with Crippen LogP contribution in [0.25, 0.3) is 5.69 Å². The zero-order valence-corrected chi connectivity index (χ0v) is 14.4. The zero-order valence-electron chi connectivity index (χ0n) is 12.9. The first kappa shape index (κ1) is 16.2. The summed E-state index contributed by atoms with van der Waals surface area (Å²) in [5.74, 6) is 0.544. The molecule has 1 fully saturated rings. The molecule has 1 aromatic heterocycles. The normalized spacial score (nSPS) is 18.3. The molecule has 0 aliphatic carbocycles. The highest BCUT2D eigenvalue weighted by molar-refractivity contribution is 6.37. The summed E-state index contributed by atoms with van der Waals surface area (Å²) in [4.78, 5) is 18.8. The molecular weight excluding hydrogens is 337 g/mol. The third kappa shape index (κ3) is 3.06. The zero-order chi connectivity index (χ0) is 16.6. The molecule has 122 valence electrons. The van der Waals surface area contributed by atoms with Crippen LogP contribution < -0.4 is 5.32 Å². The number of carbonyl (C=O) groups excluding carboxylic acids is 1. The van der Waals surface area contributed by atoms with Gasteiger partial charge in [-0.2, -0.15) is 0 Å². The molecule has 1 unspecified atom stereocenters. The number of nitrogens with one attached hydrogen (secondary N) is 1. The van der Waals surface area contributed by atoms with Crippen molar-refractivity contribution in [3.8, 4) is 5.69 Å². The van der Waals surface area contributed by atoms with Gasteiger partial charge in [0.2, 0.25) is 5.82 Å². The first-order chi connectivity index (χ1) is 11.0. The molecule has 2 heterocycles. The van der Waals surface area contributed by atoms with Crippen LogP contribution in [0.5, 0.6) is 0 Å². The molecule has 23 heavy (non-hydrogen) atoms. The van der Waals surface area contributed by atoms with Crippen molar-refractivity contribution in [3.63, 3.8) is 0 Å². The number of hydrogen-bond acceptors (Lipinski definition) is 4. The second-order valence-corrected chi connectivity index (χ2v) is 6.33. The van der Waals surface area contributed by atoms with Gasteiger partial charge in [0.15, 0.2) is 0 Å². The van der Waals surface area contributed by atoms with Crippen LogP contribution in [0.15, 0.2) is 18.2 Å². The van der Waals surface area contributed by atoms with E-state index in [1.165, 1.54) is 4.68 Å². The maximum atomic E-state index is 12.7. The lowest BCUT2D eigenvalue weighted by molar-refractivity contribution is 0.0643. The van der Waals surface area contributed by atoms with Gasteiger partial charge in [0.1, 0.15) is 11.5 Å². The van der Waals surface area contributed by atoms with Crippen LogP contribution in [-0.2, 0) is 0 Å². The monoisotopic (exact) mass is 353 g/mol. The molecule has 1 aliphatic rings. The number of aromatic nitrogens is 3. The average Bonchev–Trinajstić information content (AvgIpc) is 2.89. The van der Waals surface area contributed by atoms with Crippen molar-refractivity contribution in [1.82, 2.24) is 25.0 Å². The van der Waals surface area contributed by atoms with E-state index in [9.17, 15) is 4.79 Å². The Hall–Kier alpha value is -1.63. The van der Waals surface area contributed by atoms with E-state index >= 15 is 0 Å². The number of para-hydroxylation sites is 1. The van der Waals surface area contributed by atoms with Gasteiger partial charge in [-0.25, -0.2) is 9.67 Å². The molecule has 8 heteroatoms. The van der Waals surface area contributed by atoms with Crippen LogP contribution in [0.2, 0.25) is 10.0 Å². The number of piperazine rings is 1. The van der Waals surface area contributed by atoms with Gasteiger partial charge >= 0.3 is 0 Å². The van der Waals surface area contributed by atoms with Crippen LogP contribution in [0, 0.1) is 6.92 Å². The Kier molecular flexibility index (Phi) is 4.57. The molecule has 6 nitrogen and oxygen atoms in total. The summed E-state index contributed by atoms with van der Waals surface area (Å²) in [5.41, 5.74) is 0.535. The second-order valence-electron chi connectivity index (χ2n) is 5.52. The van der Waals surface area contributed by atoms with E-state index in [0.29, 0.717) is 28.1 Å². The fraction of sp³-hybridized carbons (Fsp3) is 0.400. The van der Waals surface area contributed by atoms with Crippen molar-refractivity contribution in [2.75, 3.05) is 19.6 Å². The highest BCUT2D eigenvalue weighted by Gasteiger charge is 2.28.